The highest BCUT2D eigenvalue weighted by molar-refractivity contribution is 9.10. The Morgan fingerprint density at radius 2 is 1.73 bits per heavy atom. The van der Waals surface area contributed by atoms with Crippen LogP contribution in [0.4, 0.5) is 5.69 Å². The number of aryl methyl sites for hydroxylation is 1. The van der Waals surface area contributed by atoms with E-state index in [1.807, 2.05) is 74.5 Å². The number of hydrogen-bond acceptors (Lipinski definition) is 6. The van der Waals surface area contributed by atoms with Crippen LogP contribution in [0, 0.1) is 6.92 Å². The molecule has 0 bridgehead atoms. The minimum absolute atomic E-state index is 0.146. The number of rotatable bonds is 6. The van der Waals surface area contributed by atoms with Crippen molar-refractivity contribution in [3.8, 4) is 22.8 Å². The summed E-state index contributed by atoms with van der Waals surface area (Å²) in [5.41, 5.74) is 4.72. The van der Waals surface area contributed by atoms with E-state index in [1.54, 1.807) is 16.9 Å². The summed E-state index contributed by atoms with van der Waals surface area (Å²) in [6, 6.07) is 22.3. The van der Waals surface area contributed by atoms with Gasteiger partial charge in [-0.05, 0) is 92.3 Å². The highest BCUT2D eigenvalue weighted by Crippen LogP contribution is 2.25. The van der Waals surface area contributed by atoms with Crippen LogP contribution in [-0.2, 0) is 0 Å². The Hall–Kier alpha value is -4.02. The summed E-state index contributed by atoms with van der Waals surface area (Å²) in [6.07, 6.45) is 0. The molecule has 0 saturated carbocycles. The number of thiocarbonyl (C=S) groups is 1. The number of carbonyl (C=O) groups excluding carboxylic acids is 1. The first-order valence-electron chi connectivity index (χ1n) is 11.5. The molecule has 0 fully saturated rings. The molecule has 0 aliphatic heterocycles. The molecule has 2 heterocycles. The molecule has 2 N–H and O–H groups in total. The summed E-state index contributed by atoms with van der Waals surface area (Å²) in [5, 5.41) is 15.1. The first-order chi connectivity index (χ1) is 17.9. The number of carbonyl (C=O) groups is 1. The minimum Gasteiger partial charge on any atom is -0.494 e. The van der Waals surface area contributed by atoms with Crippen molar-refractivity contribution in [2.75, 3.05) is 11.9 Å². The summed E-state index contributed by atoms with van der Waals surface area (Å²) in [6.45, 7) is 4.48. The Morgan fingerprint density at radius 1 is 1.03 bits per heavy atom. The maximum Gasteiger partial charge on any atom is 0.293 e. The predicted octanol–water partition coefficient (Wildman–Crippen LogP) is 6.28. The van der Waals surface area contributed by atoms with E-state index in [0.717, 1.165) is 32.6 Å². The largest absolute Gasteiger partial charge is 0.494 e. The van der Waals surface area contributed by atoms with Gasteiger partial charge in [-0.25, -0.2) is 0 Å². The molecular formula is C27H22BrN5O3S. The lowest BCUT2D eigenvalue weighted by atomic mass is 10.2. The summed E-state index contributed by atoms with van der Waals surface area (Å²) >= 11 is 8.79. The van der Waals surface area contributed by atoms with Gasteiger partial charge in [0.05, 0.1) is 12.3 Å². The Morgan fingerprint density at radius 3 is 2.43 bits per heavy atom. The quantitative estimate of drug-likeness (QED) is 0.230. The van der Waals surface area contributed by atoms with Crippen LogP contribution in [-0.4, -0.2) is 32.6 Å². The first kappa shape index (κ1) is 24.7. The van der Waals surface area contributed by atoms with Gasteiger partial charge in [0.1, 0.15) is 22.5 Å². The Kier molecular flexibility index (Phi) is 7.02. The lowest BCUT2D eigenvalue weighted by molar-refractivity contribution is 0.0951. The van der Waals surface area contributed by atoms with Crippen molar-refractivity contribution in [1.29, 1.82) is 0 Å². The molecule has 2 aromatic heterocycles. The zero-order chi connectivity index (χ0) is 25.9. The molecular weight excluding hydrogens is 554 g/mol. The monoisotopic (exact) mass is 575 g/mol. The van der Waals surface area contributed by atoms with Crippen LogP contribution in [0.2, 0.25) is 0 Å². The number of anilines is 1. The van der Waals surface area contributed by atoms with Gasteiger partial charge < -0.3 is 14.5 Å². The van der Waals surface area contributed by atoms with E-state index in [4.69, 9.17) is 21.4 Å². The molecule has 0 aliphatic carbocycles. The van der Waals surface area contributed by atoms with Gasteiger partial charge in [-0.1, -0.05) is 28.1 Å². The van der Waals surface area contributed by atoms with Crippen LogP contribution in [0.5, 0.6) is 5.75 Å². The molecule has 10 heteroatoms. The van der Waals surface area contributed by atoms with Crippen molar-refractivity contribution in [2.45, 2.75) is 13.8 Å². The number of hydrogen-bond donors (Lipinski definition) is 2. The van der Waals surface area contributed by atoms with Gasteiger partial charge in [0, 0.05) is 15.7 Å². The predicted molar refractivity (Wildman–Crippen MR) is 150 cm³/mol. The highest BCUT2D eigenvalue weighted by atomic mass is 79.9. The number of aromatic nitrogens is 3. The van der Waals surface area contributed by atoms with Crippen molar-refractivity contribution in [2.24, 2.45) is 0 Å². The van der Waals surface area contributed by atoms with Crippen LogP contribution in [0.3, 0.4) is 0 Å². The number of nitrogens with one attached hydrogen (secondary N) is 2. The maximum absolute atomic E-state index is 12.7. The highest BCUT2D eigenvalue weighted by Gasteiger charge is 2.15. The third-order valence-corrected chi connectivity index (χ3v) is 6.27. The van der Waals surface area contributed by atoms with E-state index in [-0.39, 0.29) is 10.9 Å². The fourth-order valence-electron chi connectivity index (χ4n) is 3.71. The number of ether oxygens (including phenoxy) is 1. The van der Waals surface area contributed by atoms with Gasteiger partial charge in [-0.15, -0.1) is 10.2 Å². The number of amides is 1. The average Bonchev–Trinajstić information content (AvgIpc) is 3.53. The molecule has 0 aliphatic rings. The first-order valence-corrected chi connectivity index (χ1v) is 12.7. The van der Waals surface area contributed by atoms with Crippen LogP contribution in [0.25, 0.3) is 28.0 Å². The van der Waals surface area contributed by atoms with E-state index >= 15 is 0 Å². The molecule has 8 nitrogen and oxygen atoms in total. The Bertz CT molecular complexity index is 1590. The van der Waals surface area contributed by atoms with E-state index in [0.29, 0.717) is 23.6 Å². The topological polar surface area (TPSA) is 94.2 Å². The van der Waals surface area contributed by atoms with Crippen LogP contribution >= 0.6 is 28.1 Å². The number of furan rings is 1. The molecule has 3 aromatic carbocycles. The standard InChI is InChI=1S/C27H22BrN5O3S/c1-3-35-20-10-8-19(9-11-20)33-31-22-14-16(2)21(15-23(22)32-33)29-27(37)30-26(34)25-13-12-24(36-25)17-4-6-18(28)7-5-17/h4-15H,3H2,1-2H3,(H2,29,30,34,37). The van der Waals surface area contributed by atoms with Gasteiger partial charge in [0.15, 0.2) is 10.9 Å². The normalized spacial score (nSPS) is 10.9. The lowest BCUT2D eigenvalue weighted by Crippen LogP contribution is -2.34. The molecule has 186 valence electrons. The molecule has 1 amide bonds. The zero-order valence-electron chi connectivity index (χ0n) is 20.0. The summed E-state index contributed by atoms with van der Waals surface area (Å²) < 4.78 is 12.2. The fourth-order valence-corrected chi connectivity index (χ4v) is 4.17. The van der Waals surface area contributed by atoms with Gasteiger partial charge in [0.2, 0.25) is 0 Å². The van der Waals surface area contributed by atoms with Gasteiger partial charge in [-0.3, -0.25) is 10.1 Å². The van der Waals surface area contributed by atoms with Crippen LogP contribution in [0.1, 0.15) is 23.0 Å². The van der Waals surface area contributed by atoms with Crippen molar-refractivity contribution in [1.82, 2.24) is 20.3 Å². The van der Waals surface area contributed by atoms with E-state index in [2.05, 4.69) is 36.8 Å². The minimum atomic E-state index is -0.443. The Balaban J connectivity index is 1.28. The number of nitrogens with zero attached hydrogens (tertiary/aromatic N) is 3. The fraction of sp³-hybridized carbons (Fsp3) is 0.111. The molecule has 0 saturated heterocycles. The third-order valence-electron chi connectivity index (χ3n) is 5.54. The second-order valence-electron chi connectivity index (χ2n) is 8.15. The van der Waals surface area contributed by atoms with Crippen molar-refractivity contribution in [3.63, 3.8) is 0 Å². The lowest BCUT2D eigenvalue weighted by Gasteiger charge is -2.10. The SMILES string of the molecule is CCOc1ccc(-n2nc3cc(C)c(NC(=S)NC(=O)c4ccc(-c5ccc(Br)cc5)o4)cc3n2)cc1. The molecule has 0 atom stereocenters. The molecule has 5 rings (SSSR count). The van der Waals surface area contributed by atoms with E-state index in [9.17, 15) is 4.79 Å². The summed E-state index contributed by atoms with van der Waals surface area (Å²) in [5.74, 6) is 1.10. The smallest absolute Gasteiger partial charge is 0.293 e. The van der Waals surface area contributed by atoms with E-state index in [1.165, 1.54) is 0 Å². The van der Waals surface area contributed by atoms with Gasteiger partial charge in [-0.2, -0.15) is 4.80 Å². The summed E-state index contributed by atoms with van der Waals surface area (Å²) in [7, 11) is 0. The zero-order valence-corrected chi connectivity index (χ0v) is 22.4. The van der Waals surface area contributed by atoms with E-state index < -0.39 is 5.91 Å². The van der Waals surface area contributed by atoms with Crippen molar-refractivity contribution in [3.05, 3.63) is 88.6 Å². The van der Waals surface area contributed by atoms with Crippen LogP contribution in [0.15, 0.2) is 81.7 Å². The molecule has 0 unspecified atom stereocenters. The van der Waals surface area contributed by atoms with Crippen molar-refractivity contribution < 1.29 is 13.9 Å². The second kappa shape index (κ2) is 10.5. The average molecular weight is 576 g/mol. The van der Waals surface area contributed by atoms with Gasteiger partial charge in [0.25, 0.3) is 5.91 Å². The maximum atomic E-state index is 12.7. The molecule has 0 spiro atoms. The van der Waals surface area contributed by atoms with Crippen molar-refractivity contribution >= 4 is 55.9 Å². The Labute approximate surface area is 226 Å². The molecule has 0 radical (unpaired) electrons. The number of halogens is 1. The number of benzene rings is 3. The molecule has 5 aromatic rings. The summed E-state index contributed by atoms with van der Waals surface area (Å²) in [4.78, 5) is 14.3. The third kappa shape index (κ3) is 5.55. The van der Waals surface area contributed by atoms with Gasteiger partial charge >= 0.3 is 0 Å². The van der Waals surface area contributed by atoms with Crippen LogP contribution < -0.4 is 15.4 Å². The number of fused-ring (bicyclic) bond motifs is 1. The molecule has 37 heavy (non-hydrogen) atoms. The second-order valence-corrected chi connectivity index (χ2v) is 9.48.